The van der Waals surface area contributed by atoms with E-state index in [0.29, 0.717) is 44.3 Å². The third kappa shape index (κ3) is 7.32. The molecule has 2 heterocycles. The van der Waals surface area contributed by atoms with Crippen molar-refractivity contribution < 1.29 is 24.1 Å². The number of ether oxygens (including phenoxy) is 3. The number of carbonyl (C=O) groups is 1. The van der Waals surface area contributed by atoms with Crippen molar-refractivity contribution in [2.75, 3.05) is 46.5 Å². The molecule has 0 radical (unpaired) electrons. The van der Waals surface area contributed by atoms with E-state index in [9.17, 15) is 9.90 Å². The van der Waals surface area contributed by atoms with Gasteiger partial charge < -0.3 is 24.2 Å². The average molecular weight is 525 g/mol. The standard InChI is InChI=1S/C29H36N2O5S/c1-3-30(17-23(32)20-35-19-22-9-5-4-6-10-22)18-29(33)31-15-13-28-24(14-16-37-28)25(31)21-36-27-12-8-7-11-26(27)34-2/h4-12,14,16,23,25,32H,3,13,15,17-21H2,1-2H3. The first-order valence-electron chi connectivity index (χ1n) is 12.7. The fourth-order valence-electron chi connectivity index (χ4n) is 4.61. The number of benzene rings is 2. The number of hydrogen-bond donors (Lipinski definition) is 1. The van der Waals surface area contributed by atoms with Crippen LogP contribution < -0.4 is 9.47 Å². The number of carbonyl (C=O) groups excluding carboxylic acids is 1. The van der Waals surface area contributed by atoms with E-state index in [4.69, 9.17) is 14.2 Å². The first-order valence-corrected chi connectivity index (χ1v) is 13.6. The lowest BCUT2D eigenvalue weighted by molar-refractivity contribution is -0.136. The van der Waals surface area contributed by atoms with Crippen LogP contribution in [0.2, 0.25) is 0 Å². The van der Waals surface area contributed by atoms with E-state index in [0.717, 1.165) is 17.5 Å². The van der Waals surface area contributed by atoms with Crippen molar-refractivity contribution in [2.45, 2.75) is 32.1 Å². The van der Waals surface area contributed by atoms with E-state index in [1.54, 1.807) is 18.4 Å². The second-order valence-electron chi connectivity index (χ2n) is 9.10. The minimum atomic E-state index is -0.675. The zero-order valence-corrected chi connectivity index (χ0v) is 22.4. The first kappa shape index (κ1) is 27.1. The number of nitrogens with zero attached hydrogens (tertiary/aromatic N) is 2. The van der Waals surface area contributed by atoms with E-state index in [2.05, 4.69) is 11.4 Å². The summed E-state index contributed by atoms with van der Waals surface area (Å²) in [6.07, 6.45) is 0.164. The summed E-state index contributed by atoms with van der Waals surface area (Å²) in [4.78, 5) is 18.7. The van der Waals surface area contributed by atoms with Crippen molar-refractivity contribution in [3.05, 3.63) is 82.0 Å². The normalized spacial score (nSPS) is 15.9. The predicted octanol–water partition coefficient (Wildman–Crippen LogP) is 4.16. The summed E-state index contributed by atoms with van der Waals surface area (Å²) in [6, 6.07) is 19.4. The molecule has 198 valence electrons. The number of methoxy groups -OCH3 is 1. The van der Waals surface area contributed by atoms with Gasteiger partial charge in [0.05, 0.1) is 39.0 Å². The Morgan fingerprint density at radius 1 is 1.14 bits per heavy atom. The molecule has 2 atom stereocenters. The highest BCUT2D eigenvalue weighted by atomic mass is 32.1. The summed E-state index contributed by atoms with van der Waals surface area (Å²) in [6.45, 7) is 4.92. The average Bonchev–Trinajstić information content (AvgIpc) is 3.41. The Kier molecular flexibility index (Phi) is 9.96. The van der Waals surface area contributed by atoms with E-state index in [1.165, 1.54) is 4.88 Å². The number of rotatable bonds is 13. The number of aliphatic hydroxyl groups is 1. The fraction of sp³-hybridized carbons (Fsp3) is 0.414. The molecule has 1 aliphatic heterocycles. The second-order valence-corrected chi connectivity index (χ2v) is 10.1. The smallest absolute Gasteiger partial charge is 0.237 e. The Labute approximate surface area is 223 Å². The van der Waals surface area contributed by atoms with E-state index < -0.39 is 6.10 Å². The Hall–Kier alpha value is -2.91. The monoisotopic (exact) mass is 524 g/mol. The van der Waals surface area contributed by atoms with Gasteiger partial charge in [0.15, 0.2) is 11.5 Å². The molecule has 0 saturated carbocycles. The maximum absolute atomic E-state index is 13.5. The van der Waals surface area contributed by atoms with Crippen LogP contribution in [0, 0.1) is 0 Å². The van der Waals surface area contributed by atoms with Crippen LogP contribution in [0.5, 0.6) is 11.5 Å². The maximum Gasteiger partial charge on any atom is 0.237 e. The van der Waals surface area contributed by atoms with Gasteiger partial charge in [-0.25, -0.2) is 0 Å². The minimum Gasteiger partial charge on any atom is -0.493 e. The number of thiophene rings is 1. The van der Waals surface area contributed by atoms with Gasteiger partial charge in [0, 0.05) is 18.0 Å². The summed E-state index contributed by atoms with van der Waals surface area (Å²) < 4.78 is 17.3. The van der Waals surface area contributed by atoms with Crippen molar-refractivity contribution in [1.29, 1.82) is 0 Å². The summed E-state index contributed by atoms with van der Waals surface area (Å²) >= 11 is 1.73. The number of amides is 1. The molecule has 1 amide bonds. The lowest BCUT2D eigenvalue weighted by Gasteiger charge is -2.37. The van der Waals surface area contributed by atoms with Crippen molar-refractivity contribution >= 4 is 17.2 Å². The first-order chi connectivity index (χ1) is 18.1. The fourth-order valence-corrected chi connectivity index (χ4v) is 5.53. The summed E-state index contributed by atoms with van der Waals surface area (Å²) in [5, 5.41) is 12.6. The molecule has 7 nitrogen and oxygen atoms in total. The number of likely N-dealkylation sites (N-methyl/N-ethyl adjacent to an activating group) is 1. The Balaban J connectivity index is 1.35. The molecule has 2 aromatic carbocycles. The molecule has 0 fully saturated rings. The largest absolute Gasteiger partial charge is 0.493 e. The van der Waals surface area contributed by atoms with Gasteiger partial charge in [0.1, 0.15) is 6.61 Å². The van der Waals surface area contributed by atoms with E-state index in [1.807, 2.05) is 71.3 Å². The lowest BCUT2D eigenvalue weighted by atomic mass is 10.0. The van der Waals surface area contributed by atoms with E-state index in [-0.39, 0.29) is 25.1 Å². The van der Waals surface area contributed by atoms with Crippen LogP contribution in [-0.4, -0.2) is 73.4 Å². The molecule has 1 N–H and O–H groups in total. The Morgan fingerprint density at radius 2 is 1.89 bits per heavy atom. The van der Waals surface area contributed by atoms with Crippen molar-refractivity contribution in [3.8, 4) is 11.5 Å². The van der Waals surface area contributed by atoms with Gasteiger partial charge in [0.25, 0.3) is 0 Å². The zero-order chi connectivity index (χ0) is 26.0. The number of aliphatic hydroxyl groups excluding tert-OH is 1. The van der Waals surface area contributed by atoms with Gasteiger partial charge >= 0.3 is 0 Å². The molecule has 4 rings (SSSR count). The Morgan fingerprint density at radius 3 is 2.65 bits per heavy atom. The maximum atomic E-state index is 13.5. The number of fused-ring (bicyclic) bond motifs is 1. The van der Waals surface area contributed by atoms with Crippen molar-refractivity contribution in [1.82, 2.24) is 9.80 Å². The Bertz CT molecular complexity index is 1120. The highest BCUT2D eigenvalue weighted by Gasteiger charge is 2.33. The molecule has 3 aromatic rings. The molecule has 1 aliphatic rings. The molecule has 0 saturated heterocycles. The minimum absolute atomic E-state index is 0.0322. The van der Waals surface area contributed by atoms with Crippen LogP contribution in [0.1, 0.15) is 29.0 Å². The molecule has 8 heteroatoms. The molecule has 0 aliphatic carbocycles. The molecular formula is C29H36N2O5S. The van der Waals surface area contributed by atoms with Crippen LogP contribution in [-0.2, 0) is 22.6 Å². The summed E-state index contributed by atoms with van der Waals surface area (Å²) in [7, 11) is 1.62. The topological polar surface area (TPSA) is 71.5 Å². The molecule has 0 bridgehead atoms. The van der Waals surface area contributed by atoms with Gasteiger partial charge in [-0.1, -0.05) is 49.4 Å². The molecule has 1 aromatic heterocycles. The molecular weight excluding hydrogens is 488 g/mol. The van der Waals surface area contributed by atoms with Crippen LogP contribution in [0.25, 0.3) is 0 Å². The van der Waals surface area contributed by atoms with Gasteiger partial charge in [-0.05, 0) is 47.7 Å². The van der Waals surface area contributed by atoms with Crippen LogP contribution in [0.4, 0.5) is 0 Å². The number of para-hydroxylation sites is 2. The second kappa shape index (κ2) is 13.6. The van der Waals surface area contributed by atoms with Gasteiger partial charge in [0.2, 0.25) is 5.91 Å². The van der Waals surface area contributed by atoms with Crippen LogP contribution in [0.15, 0.2) is 66.0 Å². The van der Waals surface area contributed by atoms with Crippen LogP contribution in [0.3, 0.4) is 0 Å². The number of hydrogen-bond acceptors (Lipinski definition) is 7. The van der Waals surface area contributed by atoms with E-state index >= 15 is 0 Å². The molecule has 2 unspecified atom stereocenters. The lowest BCUT2D eigenvalue weighted by Crippen LogP contribution is -2.48. The van der Waals surface area contributed by atoms with Gasteiger partial charge in [-0.15, -0.1) is 11.3 Å². The van der Waals surface area contributed by atoms with Crippen molar-refractivity contribution in [3.63, 3.8) is 0 Å². The highest BCUT2D eigenvalue weighted by molar-refractivity contribution is 7.10. The quantitative estimate of drug-likeness (QED) is 0.362. The van der Waals surface area contributed by atoms with Crippen LogP contribution >= 0.6 is 11.3 Å². The van der Waals surface area contributed by atoms with Gasteiger partial charge in [-0.2, -0.15) is 0 Å². The summed E-state index contributed by atoms with van der Waals surface area (Å²) in [5.41, 5.74) is 2.22. The third-order valence-corrected chi connectivity index (χ3v) is 7.57. The van der Waals surface area contributed by atoms with Gasteiger partial charge in [-0.3, -0.25) is 9.69 Å². The predicted molar refractivity (Wildman–Crippen MR) is 145 cm³/mol. The molecule has 37 heavy (non-hydrogen) atoms. The summed E-state index contributed by atoms with van der Waals surface area (Å²) in [5.74, 6) is 1.36. The zero-order valence-electron chi connectivity index (χ0n) is 21.5. The molecule has 0 spiro atoms. The SMILES string of the molecule is CCN(CC(=O)N1CCc2sccc2C1COc1ccccc1OC)CC(O)COCc1ccccc1. The third-order valence-electron chi connectivity index (χ3n) is 6.58. The van der Waals surface area contributed by atoms with Crippen molar-refractivity contribution in [2.24, 2.45) is 0 Å². The highest BCUT2D eigenvalue weighted by Crippen LogP contribution is 2.35.